The average Bonchev–Trinajstić information content (AvgIpc) is 2.13. The van der Waals surface area contributed by atoms with Crippen molar-refractivity contribution < 1.29 is 14.7 Å². The zero-order valence-electron chi connectivity index (χ0n) is 10.1. The molecule has 16 heavy (non-hydrogen) atoms. The first-order valence-corrected chi connectivity index (χ1v) is 5.60. The van der Waals surface area contributed by atoms with Gasteiger partial charge in [0.25, 0.3) is 0 Å². The predicted molar refractivity (Wildman–Crippen MR) is 59.7 cm³/mol. The Hall–Kier alpha value is -1.10. The number of β-amino-alcohol motifs (C(OH)–C–C–N with tert-alkyl or cyclic N) is 1. The summed E-state index contributed by atoms with van der Waals surface area (Å²) in [5.74, 6) is -0.347. The smallest absolute Gasteiger partial charge is 0.244 e. The van der Waals surface area contributed by atoms with Crippen LogP contribution >= 0.6 is 0 Å². The van der Waals surface area contributed by atoms with Crippen LogP contribution in [0.2, 0.25) is 0 Å². The fourth-order valence-electron chi connectivity index (χ4n) is 2.05. The van der Waals surface area contributed by atoms with Gasteiger partial charge in [0.05, 0.1) is 5.60 Å². The third-order valence-electron chi connectivity index (χ3n) is 2.78. The lowest BCUT2D eigenvalue weighted by molar-refractivity contribution is -0.141. The minimum atomic E-state index is -0.802. The summed E-state index contributed by atoms with van der Waals surface area (Å²) in [7, 11) is 0. The van der Waals surface area contributed by atoms with Gasteiger partial charge in [-0.3, -0.25) is 9.59 Å². The molecule has 1 aliphatic heterocycles. The van der Waals surface area contributed by atoms with Gasteiger partial charge in [0.15, 0.2) is 0 Å². The van der Waals surface area contributed by atoms with Crippen LogP contribution in [0.5, 0.6) is 0 Å². The van der Waals surface area contributed by atoms with Gasteiger partial charge in [-0.25, -0.2) is 0 Å². The summed E-state index contributed by atoms with van der Waals surface area (Å²) < 4.78 is 0. The maximum atomic E-state index is 11.9. The van der Waals surface area contributed by atoms with Gasteiger partial charge >= 0.3 is 0 Å². The summed E-state index contributed by atoms with van der Waals surface area (Å²) in [5, 5.41) is 12.4. The second-order valence-corrected chi connectivity index (χ2v) is 4.78. The maximum Gasteiger partial charge on any atom is 0.244 e. The van der Waals surface area contributed by atoms with Crippen molar-refractivity contribution in [3.63, 3.8) is 0 Å². The first-order valence-electron chi connectivity index (χ1n) is 5.60. The maximum absolute atomic E-state index is 11.9. The normalized spacial score (nSPS) is 27.4. The van der Waals surface area contributed by atoms with E-state index >= 15 is 0 Å². The predicted octanol–water partition coefficient (Wildman–Crippen LogP) is -0.116. The number of likely N-dealkylation sites (tertiary alicyclic amines) is 1. The first-order chi connectivity index (χ1) is 7.32. The number of nitrogens with zero attached hydrogens (tertiary/aromatic N) is 1. The molecule has 1 rings (SSSR count). The minimum Gasteiger partial charge on any atom is -0.388 e. The van der Waals surface area contributed by atoms with E-state index in [-0.39, 0.29) is 11.8 Å². The lowest BCUT2D eigenvalue weighted by Gasteiger charge is -2.38. The summed E-state index contributed by atoms with van der Waals surface area (Å²) >= 11 is 0. The Balaban J connectivity index is 2.56. The van der Waals surface area contributed by atoms with Gasteiger partial charge in [0, 0.05) is 20.0 Å². The van der Waals surface area contributed by atoms with E-state index in [1.807, 2.05) is 0 Å². The molecule has 0 radical (unpaired) electrons. The van der Waals surface area contributed by atoms with Crippen molar-refractivity contribution in [2.75, 3.05) is 13.1 Å². The van der Waals surface area contributed by atoms with Crippen LogP contribution in [0.1, 0.15) is 33.6 Å². The quantitative estimate of drug-likeness (QED) is 0.692. The molecule has 1 aliphatic rings. The number of nitrogens with one attached hydrogen (secondary N) is 1. The zero-order valence-corrected chi connectivity index (χ0v) is 10.1. The molecule has 0 bridgehead atoms. The summed E-state index contributed by atoms with van der Waals surface area (Å²) in [6, 6.07) is -0.522. The van der Waals surface area contributed by atoms with Gasteiger partial charge < -0.3 is 15.3 Å². The molecule has 1 heterocycles. The fourth-order valence-corrected chi connectivity index (χ4v) is 2.05. The van der Waals surface area contributed by atoms with E-state index in [0.29, 0.717) is 19.5 Å². The van der Waals surface area contributed by atoms with Crippen LogP contribution in [0.15, 0.2) is 0 Å². The van der Waals surface area contributed by atoms with Crippen LogP contribution in [-0.2, 0) is 9.59 Å². The van der Waals surface area contributed by atoms with E-state index in [1.165, 1.54) is 6.92 Å². The molecule has 0 aromatic rings. The summed E-state index contributed by atoms with van der Waals surface area (Å²) in [6.45, 7) is 5.77. The second-order valence-electron chi connectivity index (χ2n) is 4.78. The van der Waals surface area contributed by atoms with Crippen molar-refractivity contribution >= 4 is 11.8 Å². The number of rotatable bonds is 2. The Kier molecular flexibility index (Phi) is 3.91. The number of hydrogen-bond donors (Lipinski definition) is 2. The average molecular weight is 228 g/mol. The Bertz CT molecular complexity index is 289. The second kappa shape index (κ2) is 4.82. The van der Waals surface area contributed by atoms with Gasteiger partial charge in [0.1, 0.15) is 6.04 Å². The highest BCUT2D eigenvalue weighted by molar-refractivity contribution is 5.86. The van der Waals surface area contributed by atoms with E-state index in [9.17, 15) is 14.7 Å². The monoisotopic (exact) mass is 228 g/mol. The molecule has 0 aliphatic carbocycles. The summed E-state index contributed by atoms with van der Waals surface area (Å²) in [4.78, 5) is 24.4. The van der Waals surface area contributed by atoms with Crippen LogP contribution in [0, 0.1) is 0 Å². The summed E-state index contributed by atoms with van der Waals surface area (Å²) in [5.41, 5.74) is -0.802. The van der Waals surface area contributed by atoms with Crippen LogP contribution < -0.4 is 5.32 Å². The van der Waals surface area contributed by atoms with E-state index < -0.39 is 11.6 Å². The molecule has 0 aromatic heterocycles. The van der Waals surface area contributed by atoms with Crippen LogP contribution in [0.3, 0.4) is 0 Å². The van der Waals surface area contributed by atoms with Crippen molar-refractivity contribution in [1.82, 2.24) is 10.2 Å². The van der Waals surface area contributed by atoms with Crippen molar-refractivity contribution in [3.05, 3.63) is 0 Å². The van der Waals surface area contributed by atoms with Crippen molar-refractivity contribution in [2.45, 2.75) is 45.3 Å². The highest BCUT2D eigenvalue weighted by Crippen LogP contribution is 2.20. The third-order valence-corrected chi connectivity index (χ3v) is 2.78. The Morgan fingerprint density at radius 3 is 2.62 bits per heavy atom. The Labute approximate surface area is 95.8 Å². The molecule has 0 aromatic carbocycles. The lowest BCUT2D eigenvalue weighted by Crippen LogP contribution is -2.54. The van der Waals surface area contributed by atoms with Gasteiger partial charge in [-0.05, 0) is 26.7 Å². The van der Waals surface area contributed by atoms with E-state index in [1.54, 1.807) is 18.7 Å². The number of carbonyl (C=O) groups excluding carboxylic acids is 2. The van der Waals surface area contributed by atoms with Gasteiger partial charge in [-0.1, -0.05) is 0 Å². The fraction of sp³-hybridized carbons (Fsp3) is 0.818. The van der Waals surface area contributed by atoms with Gasteiger partial charge in [0.2, 0.25) is 11.8 Å². The van der Waals surface area contributed by atoms with Crippen molar-refractivity contribution in [3.8, 4) is 0 Å². The minimum absolute atomic E-state index is 0.129. The highest BCUT2D eigenvalue weighted by atomic mass is 16.3. The Morgan fingerprint density at radius 2 is 2.12 bits per heavy atom. The number of piperidine rings is 1. The molecular formula is C11H20N2O3. The molecule has 2 unspecified atom stereocenters. The highest BCUT2D eigenvalue weighted by Gasteiger charge is 2.32. The van der Waals surface area contributed by atoms with E-state index in [0.717, 1.165) is 6.42 Å². The Morgan fingerprint density at radius 1 is 1.50 bits per heavy atom. The molecular weight excluding hydrogens is 208 g/mol. The van der Waals surface area contributed by atoms with Gasteiger partial charge in [-0.2, -0.15) is 0 Å². The zero-order chi connectivity index (χ0) is 12.3. The number of hydrogen-bond acceptors (Lipinski definition) is 3. The van der Waals surface area contributed by atoms with Crippen LogP contribution in [-0.4, -0.2) is 46.6 Å². The molecule has 1 fully saturated rings. The topological polar surface area (TPSA) is 69.6 Å². The molecule has 1 saturated heterocycles. The van der Waals surface area contributed by atoms with Crippen molar-refractivity contribution in [2.24, 2.45) is 0 Å². The third kappa shape index (κ3) is 3.48. The lowest BCUT2D eigenvalue weighted by atomic mass is 9.95. The number of amides is 2. The van der Waals surface area contributed by atoms with Crippen LogP contribution in [0.25, 0.3) is 0 Å². The molecule has 0 spiro atoms. The molecule has 92 valence electrons. The number of carbonyl (C=O) groups is 2. The standard InChI is InChI=1S/C11H20N2O3/c1-8(12-9(2)14)10(15)13-6-4-5-11(3,16)7-13/h8,16H,4-7H2,1-3H3,(H,12,14). The molecule has 2 N–H and O–H groups in total. The number of aliphatic hydroxyl groups is 1. The first kappa shape index (κ1) is 13.0. The largest absolute Gasteiger partial charge is 0.388 e. The van der Waals surface area contributed by atoms with Crippen LogP contribution in [0.4, 0.5) is 0 Å². The van der Waals surface area contributed by atoms with E-state index in [4.69, 9.17) is 0 Å². The molecule has 5 heteroatoms. The molecule has 2 amide bonds. The SMILES string of the molecule is CC(=O)NC(C)C(=O)N1CCCC(C)(O)C1. The summed E-state index contributed by atoms with van der Waals surface area (Å²) in [6.07, 6.45) is 1.51. The van der Waals surface area contributed by atoms with E-state index in [2.05, 4.69) is 5.32 Å². The van der Waals surface area contributed by atoms with Gasteiger partial charge in [-0.15, -0.1) is 0 Å². The van der Waals surface area contributed by atoms with Crippen molar-refractivity contribution in [1.29, 1.82) is 0 Å². The molecule has 0 saturated carbocycles. The molecule has 5 nitrogen and oxygen atoms in total. The molecule has 2 atom stereocenters.